The smallest absolute Gasteiger partial charge is 0.318 e. The summed E-state index contributed by atoms with van der Waals surface area (Å²) in [6.45, 7) is 1.94. The summed E-state index contributed by atoms with van der Waals surface area (Å²) in [4.78, 5) is 23.3. The number of hydrogen-bond donors (Lipinski definition) is 2. The van der Waals surface area contributed by atoms with Crippen molar-refractivity contribution in [1.29, 1.82) is 0 Å². The fourth-order valence-electron chi connectivity index (χ4n) is 1.73. The Morgan fingerprint density at radius 2 is 1.65 bits per heavy atom. The number of nitrogens with zero attached hydrogens (tertiary/aromatic N) is 1. The van der Waals surface area contributed by atoms with E-state index >= 15 is 0 Å². The van der Waals surface area contributed by atoms with Gasteiger partial charge in [0.1, 0.15) is 0 Å². The van der Waals surface area contributed by atoms with Gasteiger partial charge in [0.2, 0.25) is 0 Å². The molecule has 0 bridgehead atoms. The summed E-state index contributed by atoms with van der Waals surface area (Å²) < 4.78 is 0. The third kappa shape index (κ3) is 5.59. The van der Waals surface area contributed by atoms with Gasteiger partial charge in [0, 0.05) is 11.9 Å². The number of carbonyl (C=O) groups is 2. The van der Waals surface area contributed by atoms with Crippen molar-refractivity contribution >= 4 is 29.8 Å². The Bertz CT molecular complexity index is 720. The average Bonchev–Trinajstić information content (AvgIpc) is 2.57. The molecule has 0 fully saturated rings. The number of aryl methyl sites for hydroxylation is 1. The van der Waals surface area contributed by atoms with Crippen LogP contribution >= 0.6 is 0 Å². The van der Waals surface area contributed by atoms with Gasteiger partial charge < -0.3 is 5.32 Å². The van der Waals surface area contributed by atoms with E-state index in [4.69, 9.17) is 0 Å². The summed E-state index contributed by atoms with van der Waals surface area (Å²) in [6.07, 6.45) is 4.92. The zero-order valence-electron chi connectivity index (χ0n) is 12.7. The normalized spacial score (nSPS) is 10.8. The van der Waals surface area contributed by atoms with Crippen LogP contribution in [0.1, 0.15) is 11.1 Å². The maximum absolute atomic E-state index is 11.7. The highest BCUT2D eigenvalue weighted by molar-refractivity contribution is 6.39. The van der Waals surface area contributed by atoms with E-state index in [0.29, 0.717) is 5.69 Å². The summed E-state index contributed by atoms with van der Waals surface area (Å²) >= 11 is 0. The molecule has 2 N–H and O–H groups in total. The number of nitrogens with one attached hydrogen (secondary N) is 2. The summed E-state index contributed by atoms with van der Waals surface area (Å²) in [5.41, 5.74) is 4.81. The van der Waals surface area contributed by atoms with E-state index < -0.39 is 11.8 Å². The minimum atomic E-state index is -0.824. The number of carbonyl (C=O) groups excluding carboxylic acids is 2. The van der Waals surface area contributed by atoms with E-state index in [1.807, 2.05) is 55.5 Å². The van der Waals surface area contributed by atoms with Crippen LogP contribution in [0.3, 0.4) is 0 Å². The van der Waals surface area contributed by atoms with Crippen LogP contribution in [0, 0.1) is 6.92 Å². The zero-order chi connectivity index (χ0) is 16.5. The molecule has 0 saturated carbocycles. The maximum Gasteiger partial charge on any atom is 0.329 e. The molecule has 2 aromatic rings. The van der Waals surface area contributed by atoms with Crippen molar-refractivity contribution in [3.05, 3.63) is 71.8 Å². The highest BCUT2D eigenvalue weighted by Crippen LogP contribution is 2.08. The summed E-state index contributed by atoms with van der Waals surface area (Å²) in [6, 6.07) is 16.8. The van der Waals surface area contributed by atoms with Crippen LogP contribution in [0.4, 0.5) is 5.69 Å². The maximum atomic E-state index is 11.7. The van der Waals surface area contributed by atoms with Gasteiger partial charge in [0.05, 0.1) is 0 Å². The Labute approximate surface area is 134 Å². The molecule has 2 amide bonds. The van der Waals surface area contributed by atoms with Crippen molar-refractivity contribution in [2.24, 2.45) is 5.10 Å². The van der Waals surface area contributed by atoms with E-state index in [1.165, 1.54) is 6.21 Å². The lowest BCUT2D eigenvalue weighted by Crippen LogP contribution is -2.32. The second-order valence-electron chi connectivity index (χ2n) is 4.81. The minimum absolute atomic E-state index is 0.559. The summed E-state index contributed by atoms with van der Waals surface area (Å²) in [7, 11) is 0. The van der Waals surface area contributed by atoms with E-state index in [0.717, 1.165) is 11.1 Å². The number of hydrazone groups is 1. The Morgan fingerprint density at radius 3 is 2.35 bits per heavy atom. The Morgan fingerprint density at radius 1 is 0.957 bits per heavy atom. The lowest BCUT2D eigenvalue weighted by molar-refractivity contribution is -0.136. The standard InChI is InChI=1S/C18H17N3O2/c1-14-9-11-16(12-10-14)20-17(22)18(23)21-19-13-5-8-15-6-3-2-4-7-15/h2-13H,1H3,(H,20,22)(H,21,23). The van der Waals surface area contributed by atoms with Gasteiger partial charge in [-0.05, 0) is 30.7 Å². The molecule has 0 aliphatic heterocycles. The summed E-state index contributed by atoms with van der Waals surface area (Å²) in [5, 5.41) is 6.18. The fraction of sp³-hybridized carbons (Fsp3) is 0.0556. The van der Waals surface area contributed by atoms with Gasteiger partial charge in [-0.15, -0.1) is 0 Å². The fourth-order valence-corrected chi connectivity index (χ4v) is 1.73. The first-order valence-corrected chi connectivity index (χ1v) is 7.08. The van der Waals surface area contributed by atoms with Crippen molar-refractivity contribution in [2.45, 2.75) is 6.92 Å². The molecule has 2 rings (SSSR count). The largest absolute Gasteiger partial charge is 0.329 e. The molecule has 2 aromatic carbocycles. The summed E-state index contributed by atoms with van der Waals surface area (Å²) in [5.74, 6) is -1.59. The molecule has 0 saturated heterocycles. The van der Waals surface area contributed by atoms with Gasteiger partial charge in [0.15, 0.2) is 0 Å². The highest BCUT2D eigenvalue weighted by atomic mass is 16.2. The van der Waals surface area contributed by atoms with E-state index in [-0.39, 0.29) is 0 Å². The average molecular weight is 307 g/mol. The topological polar surface area (TPSA) is 70.6 Å². The van der Waals surface area contributed by atoms with Gasteiger partial charge in [-0.2, -0.15) is 5.10 Å². The van der Waals surface area contributed by atoms with Crippen molar-refractivity contribution in [2.75, 3.05) is 5.32 Å². The predicted octanol–water partition coefficient (Wildman–Crippen LogP) is 2.75. The number of benzene rings is 2. The third-order valence-corrected chi connectivity index (χ3v) is 2.93. The van der Waals surface area contributed by atoms with Crippen LogP contribution in [0.25, 0.3) is 6.08 Å². The first-order valence-electron chi connectivity index (χ1n) is 7.08. The van der Waals surface area contributed by atoms with Crippen LogP contribution < -0.4 is 10.7 Å². The number of amides is 2. The molecule has 0 aliphatic carbocycles. The molecule has 0 aliphatic rings. The van der Waals surface area contributed by atoms with E-state index in [1.54, 1.807) is 18.2 Å². The first-order chi connectivity index (χ1) is 11.1. The molecule has 0 atom stereocenters. The van der Waals surface area contributed by atoms with Crippen molar-refractivity contribution < 1.29 is 9.59 Å². The lowest BCUT2D eigenvalue weighted by atomic mass is 10.2. The second kappa shape index (κ2) is 8.29. The van der Waals surface area contributed by atoms with Gasteiger partial charge in [-0.3, -0.25) is 9.59 Å². The second-order valence-corrected chi connectivity index (χ2v) is 4.81. The van der Waals surface area contributed by atoms with Gasteiger partial charge in [-0.25, -0.2) is 5.43 Å². The molecule has 0 spiro atoms. The number of hydrogen-bond acceptors (Lipinski definition) is 3. The van der Waals surface area contributed by atoms with Crippen LogP contribution in [-0.2, 0) is 9.59 Å². The lowest BCUT2D eigenvalue weighted by Gasteiger charge is -2.03. The molecule has 5 nitrogen and oxygen atoms in total. The molecule has 0 radical (unpaired) electrons. The molecule has 0 heterocycles. The van der Waals surface area contributed by atoms with E-state index in [2.05, 4.69) is 15.8 Å². The van der Waals surface area contributed by atoms with Crippen LogP contribution in [0.2, 0.25) is 0 Å². The Hall–Kier alpha value is -3.21. The number of allylic oxidation sites excluding steroid dienone is 1. The Balaban J connectivity index is 1.79. The molecule has 0 unspecified atom stereocenters. The quantitative estimate of drug-likeness (QED) is 0.518. The van der Waals surface area contributed by atoms with Gasteiger partial charge in [-0.1, -0.05) is 54.1 Å². The van der Waals surface area contributed by atoms with Crippen LogP contribution in [-0.4, -0.2) is 18.0 Å². The van der Waals surface area contributed by atoms with Crippen LogP contribution in [0.5, 0.6) is 0 Å². The minimum Gasteiger partial charge on any atom is -0.318 e. The molecular formula is C18H17N3O2. The van der Waals surface area contributed by atoms with Crippen molar-refractivity contribution in [1.82, 2.24) is 5.43 Å². The van der Waals surface area contributed by atoms with Gasteiger partial charge in [0.25, 0.3) is 0 Å². The third-order valence-electron chi connectivity index (χ3n) is 2.93. The number of anilines is 1. The Kier molecular flexibility index (Phi) is 5.82. The predicted molar refractivity (Wildman–Crippen MR) is 91.9 cm³/mol. The molecular weight excluding hydrogens is 290 g/mol. The van der Waals surface area contributed by atoms with Gasteiger partial charge >= 0.3 is 11.8 Å². The number of rotatable bonds is 4. The molecule has 23 heavy (non-hydrogen) atoms. The molecule has 116 valence electrons. The molecule has 0 aromatic heterocycles. The van der Waals surface area contributed by atoms with E-state index in [9.17, 15) is 9.59 Å². The highest BCUT2D eigenvalue weighted by Gasteiger charge is 2.12. The monoisotopic (exact) mass is 307 g/mol. The molecule has 5 heteroatoms. The van der Waals surface area contributed by atoms with Crippen molar-refractivity contribution in [3.8, 4) is 0 Å². The zero-order valence-corrected chi connectivity index (χ0v) is 12.7. The SMILES string of the molecule is Cc1ccc(NC(=O)C(=O)NN=CC=Cc2ccccc2)cc1. The van der Waals surface area contributed by atoms with Crippen LogP contribution in [0.15, 0.2) is 65.8 Å². The first kappa shape index (κ1) is 16.2. The van der Waals surface area contributed by atoms with Crippen molar-refractivity contribution in [3.63, 3.8) is 0 Å².